The zero-order valence-electron chi connectivity index (χ0n) is 12.1. The molecule has 0 saturated heterocycles. The molecule has 0 aliphatic carbocycles. The van der Waals surface area contributed by atoms with Crippen molar-refractivity contribution in [3.8, 4) is 5.75 Å². The first-order valence-corrected chi connectivity index (χ1v) is 6.53. The fourth-order valence-corrected chi connectivity index (χ4v) is 2.15. The van der Waals surface area contributed by atoms with Crippen LogP contribution in [0.2, 0.25) is 0 Å². The highest BCUT2D eigenvalue weighted by Gasteiger charge is 2.15. The molecular formula is C15H19N3O3. The predicted octanol–water partition coefficient (Wildman–Crippen LogP) is 1.52. The number of carbonyl (C=O) groups excluding carboxylic acids is 1. The van der Waals surface area contributed by atoms with E-state index in [0.717, 1.165) is 23.4 Å². The summed E-state index contributed by atoms with van der Waals surface area (Å²) >= 11 is 0. The second-order valence-electron chi connectivity index (χ2n) is 4.77. The minimum atomic E-state index is -0.426. The largest absolute Gasteiger partial charge is 0.497 e. The summed E-state index contributed by atoms with van der Waals surface area (Å²) in [6, 6.07) is 9.64. The summed E-state index contributed by atoms with van der Waals surface area (Å²) in [4.78, 5) is 13.6. The summed E-state index contributed by atoms with van der Waals surface area (Å²) in [7, 11) is 3.61. The number of hydrogen-bond acceptors (Lipinski definition) is 5. The van der Waals surface area contributed by atoms with Gasteiger partial charge in [0.2, 0.25) is 0 Å². The van der Waals surface area contributed by atoms with E-state index >= 15 is 0 Å². The van der Waals surface area contributed by atoms with Crippen molar-refractivity contribution < 1.29 is 13.9 Å². The van der Waals surface area contributed by atoms with Gasteiger partial charge in [0.25, 0.3) is 0 Å². The molecule has 0 aliphatic heterocycles. The van der Waals surface area contributed by atoms with Gasteiger partial charge in [-0.05, 0) is 30.8 Å². The zero-order valence-corrected chi connectivity index (χ0v) is 12.1. The molecular weight excluding hydrogens is 270 g/mol. The molecule has 0 saturated carbocycles. The molecule has 6 heteroatoms. The molecule has 112 valence electrons. The highest BCUT2D eigenvalue weighted by atomic mass is 16.5. The third kappa shape index (κ3) is 3.84. The highest BCUT2D eigenvalue weighted by molar-refractivity contribution is 5.92. The molecule has 1 heterocycles. The van der Waals surface area contributed by atoms with Crippen molar-refractivity contribution in [1.82, 2.24) is 10.3 Å². The van der Waals surface area contributed by atoms with Gasteiger partial charge in [0, 0.05) is 18.7 Å². The predicted molar refractivity (Wildman–Crippen MR) is 78.5 cm³/mol. The van der Waals surface area contributed by atoms with E-state index in [1.807, 2.05) is 31.3 Å². The van der Waals surface area contributed by atoms with Crippen LogP contribution in [0.5, 0.6) is 5.75 Å². The van der Waals surface area contributed by atoms with Crippen LogP contribution >= 0.6 is 0 Å². The van der Waals surface area contributed by atoms with Crippen molar-refractivity contribution in [3.63, 3.8) is 0 Å². The number of nitrogen functional groups attached to an aromatic ring is 1. The number of hydrogen-bond donors (Lipinski definition) is 2. The topological polar surface area (TPSA) is 80.7 Å². The first-order valence-electron chi connectivity index (χ1n) is 6.53. The highest BCUT2D eigenvalue weighted by Crippen LogP contribution is 2.17. The standard InChI is InChI=1S/C15H19N3O3/c1-18(9-11-4-3-5-13(8-11)20-2)10-12-6-7-21-14(12)15(19)17-16/h3-8H,9-10,16H2,1-2H3,(H,17,19). The van der Waals surface area contributed by atoms with Crippen molar-refractivity contribution in [2.45, 2.75) is 13.1 Å². The van der Waals surface area contributed by atoms with Crippen LogP contribution in [0.4, 0.5) is 0 Å². The third-order valence-electron chi connectivity index (χ3n) is 3.11. The second kappa shape index (κ2) is 6.92. The van der Waals surface area contributed by atoms with Crippen LogP contribution in [-0.2, 0) is 13.1 Å². The molecule has 0 radical (unpaired) electrons. The fraction of sp³-hybridized carbons (Fsp3) is 0.267. The smallest absolute Gasteiger partial charge is 0.301 e. The van der Waals surface area contributed by atoms with Gasteiger partial charge in [-0.15, -0.1) is 0 Å². The van der Waals surface area contributed by atoms with Crippen LogP contribution < -0.4 is 16.0 Å². The fourth-order valence-electron chi connectivity index (χ4n) is 2.15. The number of amides is 1. The summed E-state index contributed by atoms with van der Waals surface area (Å²) in [6.07, 6.45) is 1.49. The minimum Gasteiger partial charge on any atom is -0.497 e. The molecule has 0 spiro atoms. The number of furan rings is 1. The molecule has 1 aromatic heterocycles. The van der Waals surface area contributed by atoms with E-state index < -0.39 is 5.91 Å². The van der Waals surface area contributed by atoms with Gasteiger partial charge >= 0.3 is 5.91 Å². The molecule has 3 N–H and O–H groups in total. The van der Waals surface area contributed by atoms with Crippen molar-refractivity contribution >= 4 is 5.91 Å². The maximum Gasteiger partial charge on any atom is 0.301 e. The average molecular weight is 289 g/mol. The second-order valence-corrected chi connectivity index (χ2v) is 4.77. The van der Waals surface area contributed by atoms with Gasteiger partial charge in [-0.2, -0.15) is 0 Å². The summed E-state index contributed by atoms with van der Waals surface area (Å²) in [6.45, 7) is 1.31. The minimum absolute atomic E-state index is 0.245. The molecule has 1 amide bonds. The lowest BCUT2D eigenvalue weighted by molar-refractivity contribution is 0.0923. The number of carbonyl (C=O) groups is 1. The molecule has 0 unspecified atom stereocenters. The Balaban J connectivity index is 2.03. The third-order valence-corrected chi connectivity index (χ3v) is 3.11. The lowest BCUT2D eigenvalue weighted by atomic mass is 10.2. The normalized spacial score (nSPS) is 10.7. The van der Waals surface area contributed by atoms with E-state index in [0.29, 0.717) is 6.54 Å². The number of ether oxygens (including phenoxy) is 1. The maximum atomic E-state index is 11.6. The molecule has 0 aliphatic rings. The molecule has 2 aromatic rings. The number of nitrogens with one attached hydrogen (secondary N) is 1. The van der Waals surface area contributed by atoms with Crippen LogP contribution in [0.3, 0.4) is 0 Å². The van der Waals surface area contributed by atoms with Crippen LogP contribution in [0, 0.1) is 0 Å². The molecule has 21 heavy (non-hydrogen) atoms. The van der Waals surface area contributed by atoms with Crippen molar-refractivity contribution in [2.24, 2.45) is 5.84 Å². The number of rotatable bonds is 6. The summed E-state index contributed by atoms with van der Waals surface area (Å²) in [5.41, 5.74) is 4.00. The van der Waals surface area contributed by atoms with Gasteiger partial charge in [-0.3, -0.25) is 15.1 Å². The monoisotopic (exact) mass is 289 g/mol. The number of nitrogens with two attached hydrogens (primary N) is 1. The average Bonchev–Trinajstić information content (AvgIpc) is 2.94. The van der Waals surface area contributed by atoms with E-state index in [4.69, 9.17) is 15.0 Å². The van der Waals surface area contributed by atoms with Crippen LogP contribution in [0.15, 0.2) is 41.0 Å². The van der Waals surface area contributed by atoms with Crippen LogP contribution in [0.1, 0.15) is 21.7 Å². The first kappa shape index (κ1) is 15.1. The Kier molecular flexibility index (Phi) is 4.97. The number of nitrogens with zero attached hydrogens (tertiary/aromatic N) is 1. The summed E-state index contributed by atoms with van der Waals surface area (Å²) < 4.78 is 10.4. The van der Waals surface area contributed by atoms with Crippen LogP contribution in [0.25, 0.3) is 0 Å². The Morgan fingerprint density at radius 1 is 1.38 bits per heavy atom. The molecule has 6 nitrogen and oxygen atoms in total. The van der Waals surface area contributed by atoms with Gasteiger partial charge in [-0.1, -0.05) is 12.1 Å². The number of methoxy groups -OCH3 is 1. The van der Waals surface area contributed by atoms with Gasteiger partial charge < -0.3 is 9.15 Å². The SMILES string of the molecule is COc1cccc(CN(C)Cc2ccoc2C(=O)NN)c1. The van der Waals surface area contributed by atoms with Gasteiger partial charge in [0.15, 0.2) is 5.76 Å². The van der Waals surface area contributed by atoms with E-state index in [2.05, 4.69) is 10.3 Å². The maximum absolute atomic E-state index is 11.6. The van der Waals surface area contributed by atoms with Gasteiger partial charge in [-0.25, -0.2) is 5.84 Å². The lowest BCUT2D eigenvalue weighted by Crippen LogP contribution is -2.31. The molecule has 0 bridgehead atoms. The molecule has 1 aromatic carbocycles. The van der Waals surface area contributed by atoms with Gasteiger partial charge in [0.05, 0.1) is 13.4 Å². The van der Waals surface area contributed by atoms with E-state index in [1.165, 1.54) is 6.26 Å². The molecule has 2 rings (SSSR count). The van der Waals surface area contributed by atoms with Crippen LogP contribution in [-0.4, -0.2) is 25.0 Å². The Morgan fingerprint density at radius 2 is 2.19 bits per heavy atom. The Morgan fingerprint density at radius 3 is 2.90 bits per heavy atom. The molecule has 0 atom stereocenters. The summed E-state index contributed by atoms with van der Waals surface area (Å²) in [5.74, 6) is 5.78. The number of hydrazine groups is 1. The molecule has 0 fully saturated rings. The quantitative estimate of drug-likeness (QED) is 0.479. The van der Waals surface area contributed by atoms with E-state index in [1.54, 1.807) is 13.2 Å². The van der Waals surface area contributed by atoms with Crippen molar-refractivity contribution in [2.75, 3.05) is 14.2 Å². The van der Waals surface area contributed by atoms with E-state index in [-0.39, 0.29) is 5.76 Å². The Hall–Kier alpha value is -2.31. The first-order chi connectivity index (χ1) is 10.1. The van der Waals surface area contributed by atoms with E-state index in [9.17, 15) is 4.79 Å². The Bertz CT molecular complexity index is 610. The van der Waals surface area contributed by atoms with Gasteiger partial charge in [0.1, 0.15) is 5.75 Å². The summed E-state index contributed by atoms with van der Waals surface area (Å²) in [5, 5.41) is 0. The van der Waals surface area contributed by atoms with Crippen molar-refractivity contribution in [1.29, 1.82) is 0 Å². The Labute approximate surface area is 123 Å². The lowest BCUT2D eigenvalue weighted by Gasteiger charge is -2.16. The van der Waals surface area contributed by atoms with Crippen molar-refractivity contribution in [3.05, 3.63) is 53.5 Å². The number of benzene rings is 1. The zero-order chi connectivity index (χ0) is 15.2.